The topological polar surface area (TPSA) is 29.9 Å². The first kappa shape index (κ1) is 15.6. The van der Waals surface area contributed by atoms with Gasteiger partial charge in [-0.2, -0.15) is 5.10 Å². The maximum absolute atomic E-state index is 4.53. The van der Waals surface area contributed by atoms with Crippen LogP contribution in [0.2, 0.25) is 0 Å². The molecule has 1 atom stereocenters. The fourth-order valence-corrected chi connectivity index (χ4v) is 3.56. The van der Waals surface area contributed by atoms with E-state index in [0.29, 0.717) is 0 Å². The lowest BCUT2D eigenvalue weighted by Crippen LogP contribution is -2.24. The third-order valence-corrected chi connectivity index (χ3v) is 5.10. The summed E-state index contributed by atoms with van der Waals surface area (Å²) in [6, 6.07) is 10.7. The van der Waals surface area contributed by atoms with Crippen LogP contribution in [0.3, 0.4) is 0 Å². The Hall–Kier alpha value is -0.780. The molecule has 0 saturated heterocycles. The number of nitrogens with one attached hydrogen (secondary N) is 1. The molecule has 0 saturated carbocycles. The highest BCUT2D eigenvalue weighted by molar-refractivity contribution is 9.10. The van der Waals surface area contributed by atoms with Crippen LogP contribution < -0.4 is 5.32 Å². The van der Waals surface area contributed by atoms with Gasteiger partial charge in [-0.15, -0.1) is 11.8 Å². The van der Waals surface area contributed by atoms with E-state index in [0.717, 1.165) is 28.9 Å². The Bertz CT molecular complexity index is 541. The summed E-state index contributed by atoms with van der Waals surface area (Å²) >= 11 is 5.45. The van der Waals surface area contributed by atoms with E-state index >= 15 is 0 Å². The number of halogens is 1. The van der Waals surface area contributed by atoms with E-state index in [1.807, 2.05) is 35.8 Å². The second-order valence-electron chi connectivity index (χ2n) is 4.66. The van der Waals surface area contributed by atoms with Crippen LogP contribution in [-0.2, 0) is 7.05 Å². The summed E-state index contributed by atoms with van der Waals surface area (Å²) in [6.45, 7) is 3.20. The van der Waals surface area contributed by atoms with Gasteiger partial charge in [0.1, 0.15) is 0 Å². The Kier molecular flexibility index (Phi) is 6.13. The molecule has 3 nitrogen and oxygen atoms in total. The van der Waals surface area contributed by atoms with Crippen molar-refractivity contribution in [3.05, 3.63) is 46.7 Å². The van der Waals surface area contributed by atoms with Gasteiger partial charge in [-0.1, -0.05) is 19.1 Å². The maximum atomic E-state index is 4.53. The fraction of sp³-hybridized carbons (Fsp3) is 0.400. The van der Waals surface area contributed by atoms with Crippen LogP contribution in [0.5, 0.6) is 0 Å². The number of hydrogen-bond donors (Lipinski definition) is 1. The van der Waals surface area contributed by atoms with Gasteiger partial charge < -0.3 is 5.32 Å². The van der Waals surface area contributed by atoms with Gasteiger partial charge in [0.05, 0.1) is 11.7 Å². The molecule has 0 bridgehead atoms. The molecule has 20 heavy (non-hydrogen) atoms. The Morgan fingerprint density at radius 3 is 2.80 bits per heavy atom. The summed E-state index contributed by atoms with van der Waals surface area (Å²) in [4.78, 5) is 1.27. The SMILES string of the molecule is CCCNC(CSc1ccccc1Br)c1ccn(C)n1. The Labute approximate surface area is 133 Å². The Morgan fingerprint density at radius 1 is 1.35 bits per heavy atom. The van der Waals surface area contributed by atoms with Crippen molar-refractivity contribution in [2.45, 2.75) is 24.3 Å². The van der Waals surface area contributed by atoms with Crippen molar-refractivity contribution in [2.24, 2.45) is 7.05 Å². The third-order valence-electron chi connectivity index (χ3n) is 2.97. The highest BCUT2D eigenvalue weighted by atomic mass is 79.9. The van der Waals surface area contributed by atoms with Gasteiger partial charge in [0, 0.05) is 28.4 Å². The number of nitrogens with zero attached hydrogens (tertiary/aromatic N) is 2. The minimum Gasteiger partial charge on any atom is -0.308 e. The van der Waals surface area contributed by atoms with E-state index in [1.165, 1.54) is 4.90 Å². The summed E-state index contributed by atoms with van der Waals surface area (Å²) in [5.74, 6) is 0.972. The van der Waals surface area contributed by atoms with Crippen LogP contribution in [0.15, 0.2) is 45.9 Å². The molecule has 1 heterocycles. The molecule has 5 heteroatoms. The second kappa shape index (κ2) is 7.86. The lowest BCUT2D eigenvalue weighted by molar-refractivity contribution is 0.555. The van der Waals surface area contributed by atoms with Gasteiger partial charge in [-0.25, -0.2) is 0 Å². The van der Waals surface area contributed by atoms with Crippen molar-refractivity contribution in [1.29, 1.82) is 0 Å². The zero-order valence-corrected chi connectivity index (χ0v) is 14.2. The van der Waals surface area contributed by atoms with Crippen LogP contribution in [0, 0.1) is 0 Å². The molecule has 0 radical (unpaired) electrons. The van der Waals surface area contributed by atoms with Crippen molar-refractivity contribution in [1.82, 2.24) is 15.1 Å². The molecular formula is C15H20BrN3S. The van der Waals surface area contributed by atoms with Crippen molar-refractivity contribution < 1.29 is 0 Å². The lowest BCUT2D eigenvalue weighted by atomic mass is 10.2. The molecule has 1 N–H and O–H groups in total. The van der Waals surface area contributed by atoms with E-state index in [-0.39, 0.29) is 6.04 Å². The van der Waals surface area contributed by atoms with Crippen LogP contribution in [0.1, 0.15) is 25.1 Å². The van der Waals surface area contributed by atoms with Crippen LogP contribution in [-0.4, -0.2) is 22.1 Å². The molecule has 0 fully saturated rings. The van der Waals surface area contributed by atoms with Gasteiger partial charge in [-0.05, 0) is 47.1 Å². The monoisotopic (exact) mass is 353 g/mol. The molecule has 1 aromatic carbocycles. The molecule has 1 aromatic heterocycles. The molecule has 0 aliphatic heterocycles. The van der Waals surface area contributed by atoms with Crippen LogP contribution in [0.4, 0.5) is 0 Å². The highest BCUT2D eigenvalue weighted by Gasteiger charge is 2.14. The molecule has 1 unspecified atom stereocenters. The molecule has 0 aliphatic rings. The highest BCUT2D eigenvalue weighted by Crippen LogP contribution is 2.30. The second-order valence-corrected chi connectivity index (χ2v) is 6.58. The zero-order valence-electron chi connectivity index (χ0n) is 11.8. The first-order valence-corrected chi connectivity index (χ1v) is 8.59. The lowest BCUT2D eigenvalue weighted by Gasteiger charge is -2.16. The molecule has 0 aliphatic carbocycles. The number of rotatable bonds is 7. The average Bonchev–Trinajstić information content (AvgIpc) is 2.87. The maximum Gasteiger partial charge on any atom is 0.0802 e. The van der Waals surface area contributed by atoms with Crippen molar-refractivity contribution in [3.8, 4) is 0 Å². The molecular weight excluding hydrogens is 334 g/mol. The van der Waals surface area contributed by atoms with E-state index in [2.05, 4.69) is 57.5 Å². The van der Waals surface area contributed by atoms with Gasteiger partial charge in [-0.3, -0.25) is 4.68 Å². The van der Waals surface area contributed by atoms with Crippen molar-refractivity contribution in [3.63, 3.8) is 0 Å². The van der Waals surface area contributed by atoms with E-state index < -0.39 is 0 Å². The average molecular weight is 354 g/mol. The largest absolute Gasteiger partial charge is 0.308 e. The first-order valence-electron chi connectivity index (χ1n) is 6.81. The molecule has 2 rings (SSSR count). The summed E-state index contributed by atoms with van der Waals surface area (Å²) < 4.78 is 3.01. The van der Waals surface area contributed by atoms with Crippen LogP contribution >= 0.6 is 27.7 Å². The Balaban J connectivity index is 2.03. The van der Waals surface area contributed by atoms with Gasteiger partial charge in [0.15, 0.2) is 0 Å². The predicted octanol–water partition coefficient (Wildman–Crippen LogP) is 4.02. The van der Waals surface area contributed by atoms with Crippen molar-refractivity contribution in [2.75, 3.05) is 12.3 Å². The third kappa shape index (κ3) is 4.36. The number of thioether (sulfide) groups is 1. The van der Waals surface area contributed by atoms with Gasteiger partial charge >= 0.3 is 0 Å². The molecule has 108 valence electrons. The minimum absolute atomic E-state index is 0.285. The summed E-state index contributed by atoms with van der Waals surface area (Å²) in [5, 5.41) is 8.10. The zero-order chi connectivity index (χ0) is 14.4. The standard InChI is InChI=1S/C15H20BrN3S/c1-3-9-17-14(13-8-10-19(2)18-13)11-20-15-7-5-4-6-12(15)16/h4-8,10,14,17H,3,9,11H2,1-2H3. The Morgan fingerprint density at radius 2 is 2.15 bits per heavy atom. The van der Waals surface area contributed by atoms with Gasteiger partial charge in [0.2, 0.25) is 0 Å². The first-order chi connectivity index (χ1) is 9.70. The fourth-order valence-electron chi connectivity index (χ4n) is 1.92. The smallest absolute Gasteiger partial charge is 0.0802 e. The van der Waals surface area contributed by atoms with E-state index in [1.54, 1.807) is 0 Å². The van der Waals surface area contributed by atoms with E-state index in [4.69, 9.17) is 0 Å². The number of hydrogen-bond acceptors (Lipinski definition) is 3. The normalized spacial score (nSPS) is 12.6. The van der Waals surface area contributed by atoms with Gasteiger partial charge in [0.25, 0.3) is 0 Å². The van der Waals surface area contributed by atoms with Crippen LogP contribution in [0.25, 0.3) is 0 Å². The summed E-state index contributed by atoms with van der Waals surface area (Å²) in [6.07, 6.45) is 3.13. The number of aromatic nitrogens is 2. The summed E-state index contributed by atoms with van der Waals surface area (Å²) in [7, 11) is 1.96. The molecule has 0 spiro atoms. The number of aryl methyl sites for hydroxylation is 1. The summed E-state index contributed by atoms with van der Waals surface area (Å²) in [5.41, 5.74) is 1.11. The minimum atomic E-state index is 0.285. The number of benzene rings is 1. The van der Waals surface area contributed by atoms with E-state index in [9.17, 15) is 0 Å². The predicted molar refractivity (Wildman–Crippen MR) is 89.1 cm³/mol. The van der Waals surface area contributed by atoms with Crippen molar-refractivity contribution >= 4 is 27.7 Å². The molecule has 0 amide bonds. The molecule has 2 aromatic rings. The quantitative estimate of drug-likeness (QED) is 0.762.